The van der Waals surface area contributed by atoms with Crippen molar-refractivity contribution in [3.63, 3.8) is 0 Å². The lowest BCUT2D eigenvalue weighted by Gasteiger charge is -2.27. The van der Waals surface area contributed by atoms with Gasteiger partial charge in [0, 0.05) is 26.7 Å². The van der Waals surface area contributed by atoms with Gasteiger partial charge in [0.15, 0.2) is 0 Å². The number of aliphatic carboxylic acids is 1. The Morgan fingerprint density at radius 2 is 1.73 bits per heavy atom. The highest BCUT2D eigenvalue weighted by Crippen LogP contribution is 2.16. The second-order valence-corrected chi connectivity index (χ2v) is 6.04. The zero-order chi connectivity index (χ0) is 17.2. The molecule has 9 nitrogen and oxygen atoms in total. The lowest BCUT2D eigenvalue weighted by atomic mass is 10.3. The number of hydrogen-bond donors (Lipinski definition) is 2. The maximum absolute atomic E-state index is 11.7. The molecule has 0 bridgehead atoms. The van der Waals surface area contributed by atoms with Crippen LogP contribution < -0.4 is 5.32 Å². The van der Waals surface area contributed by atoms with Crippen LogP contribution in [-0.4, -0.2) is 63.3 Å². The van der Waals surface area contributed by atoms with Crippen molar-refractivity contribution in [2.45, 2.75) is 33.0 Å². The molecule has 0 fully saturated rings. The molecule has 1 amide bonds. The van der Waals surface area contributed by atoms with Crippen LogP contribution in [0.15, 0.2) is 0 Å². The van der Waals surface area contributed by atoms with Crippen molar-refractivity contribution in [3.05, 3.63) is 0 Å². The summed E-state index contributed by atoms with van der Waals surface area (Å²) < 4.78 is 38.2. The van der Waals surface area contributed by atoms with Gasteiger partial charge in [-0.1, -0.05) is 0 Å². The van der Waals surface area contributed by atoms with E-state index in [-0.39, 0.29) is 37.8 Å². The zero-order valence-electron chi connectivity index (χ0n) is 13.0. The largest absolute Gasteiger partial charge is 0.477 e. The van der Waals surface area contributed by atoms with Gasteiger partial charge in [0.05, 0.1) is 5.75 Å². The molecule has 0 atom stereocenters. The summed E-state index contributed by atoms with van der Waals surface area (Å²) in [5.41, 5.74) is 0. The van der Waals surface area contributed by atoms with Crippen LogP contribution in [0.5, 0.6) is 0 Å². The molecule has 0 saturated heterocycles. The fourth-order valence-electron chi connectivity index (χ4n) is 1.52. The van der Waals surface area contributed by atoms with Crippen molar-refractivity contribution in [2.24, 2.45) is 0 Å². The maximum Gasteiger partial charge on any atom is 0.367 e. The topological polar surface area (TPSA) is 128 Å². The molecule has 0 rings (SSSR count). The third-order valence-electron chi connectivity index (χ3n) is 2.45. The van der Waals surface area contributed by atoms with E-state index in [9.17, 15) is 23.1 Å². The lowest BCUT2D eigenvalue weighted by Crippen LogP contribution is -2.49. The van der Waals surface area contributed by atoms with E-state index in [2.05, 4.69) is 5.32 Å². The van der Waals surface area contributed by atoms with Crippen LogP contribution in [0.2, 0.25) is 0 Å². The first-order chi connectivity index (χ1) is 10.2. The molecule has 0 aromatic carbocycles. The second-order valence-electron chi connectivity index (χ2n) is 4.28. The van der Waals surface area contributed by atoms with Crippen molar-refractivity contribution in [1.29, 1.82) is 0 Å². The molecule has 0 aromatic rings. The minimum Gasteiger partial charge on any atom is -0.477 e. The van der Waals surface area contributed by atoms with E-state index in [0.717, 1.165) is 0 Å². The van der Waals surface area contributed by atoms with Crippen molar-refractivity contribution in [1.82, 2.24) is 5.32 Å². The Morgan fingerprint density at radius 1 is 1.18 bits per heavy atom. The number of rotatable bonds is 12. The summed E-state index contributed by atoms with van der Waals surface area (Å²) in [5, 5.41) is 11.6. The Hall–Kier alpha value is -1.23. The smallest absolute Gasteiger partial charge is 0.367 e. The van der Waals surface area contributed by atoms with Crippen LogP contribution in [0.1, 0.15) is 27.2 Å². The second kappa shape index (κ2) is 9.72. The molecule has 0 aliphatic rings. The molecule has 0 unspecified atom stereocenters. The quantitative estimate of drug-likeness (QED) is 0.282. The number of carboxylic acids is 1. The Morgan fingerprint density at radius 3 is 2.14 bits per heavy atom. The molecule has 0 aromatic heterocycles. The molecule has 0 aliphatic carbocycles. The van der Waals surface area contributed by atoms with E-state index in [1.165, 1.54) is 6.92 Å². The number of carboxylic acid groups (broad SMARTS) is 1. The fraction of sp³-hybridized carbons (Fsp3) is 0.833. The molecule has 0 spiro atoms. The molecule has 0 heterocycles. The molecule has 0 aliphatic heterocycles. The number of hydrogen-bond acceptors (Lipinski definition) is 7. The third kappa shape index (κ3) is 7.69. The number of nitrogens with one attached hydrogen (secondary N) is 1. The van der Waals surface area contributed by atoms with Gasteiger partial charge in [-0.15, -0.1) is 0 Å². The first kappa shape index (κ1) is 20.8. The number of carbonyl (C=O) groups excluding carboxylic acids is 1. The van der Waals surface area contributed by atoms with Crippen molar-refractivity contribution < 1.29 is 36.8 Å². The van der Waals surface area contributed by atoms with Crippen LogP contribution in [0.3, 0.4) is 0 Å². The fourth-order valence-corrected chi connectivity index (χ4v) is 2.47. The summed E-state index contributed by atoms with van der Waals surface area (Å²) in [6.07, 6.45) is 0.144. The summed E-state index contributed by atoms with van der Waals surface area (Å²) in [7, 11) is -3.96. The van der Waals surface area contributed by atoms with Gasteiger partial charge < -0.3 is 19.9 Å². The van der Waals surface area contributed by atoms with E-state index < -0.39 is 28.5 Å². The van der Waals surface area contributed by atoms with Crippen LogP contribution in [0.25, 0.3) is 0 Å². The van der Waals surface area contributed by atoms with E-state index in [4.69, 9.17) is 13.7 Å². The third-order valence-corrected chi connectivity index (χ3v) is 3.72. The number of amides is 1. The SMILES string of the molecule is CCOC(COS(=O)(=O)CCCNC(C)=O)(OCC)C(=O)O. The first-order valence-electron chi connectivity index (χ1n) is 6.82. The molecule has 130 valence electrons. The first-order valence-corrected chi connectivity index (χ1v) is 8.39. The van der Waals surface area contributed by atoms with Gasteiger partial charge in [-0.25, -0.2) is 4.79 Å². The number of carbonyl (C=O) groups is 2. The summed E-state index contributed by atoms with van der Waals surface area (Å²) in [6, 6.07) is 0. The number of ether oxygens (including phenoxy) is 2. The Kier molecular flexibility index (Phi) is 9.18. The van der Waals surface area contributed by atoms with Gasteiger partial charge in [0.2, 0.25) is 5.91 Å². The molecular weight excluding hydrogens is 318 g/mol. The van der Waals surface area contributed by atoms with E-state index in [0.29, 0.717) is 0 Å². The predicted octanol–water partition coefficient (Wildman–Crippen LogP) is -0.287. The van der Waals surface area contributed by atoms with Gasteiger partial charge in [0.1, 0.15) is 6.61 Å². The Balaban J connectivity index is 4.61. The van der Waals surface area contributed by atoms with Crippen LogP contribution in [0.4, 0.5) is 0 Å². The molecular formula is C12H23NO8S. The molecule has 10 heteroatoms. The summed E-state index contributed by atoms with van der Waals surface area (Å²) in [6.45, 7) is 3.84. The minimum absolute atomic E-state index is 0.0121. The predicted molar refractivity (Wildman–Crippen MR) is 76.7 cm³/mol. The minimum atomic E-state index is -3.96. The van der Waals surface area contributed by atoms with Gasteiger partial charge >= 0.3 is 5.97 Å². The molecule has 0 radical (unpaired) electrons. The highest BCUT2D eigenvalue weighted by Gasteiger charge is 2.42. The van der Waals surface area contributed by atoms with Gasteiger partial charge in [-0.2, -0.15) is 8.42 Å². The van der Waals surface area contributed by atoms with Crippen LogP contribution >= 0.6 is 0 Å². The van der Waals surface area contributed by atoms with E-state index in [1.54, 1.807) is 13.8 Å². The Labute approximate surface area is 130 Å². The molecule has 2 N–H and O–H groups in total. The van der Waals surface area contributed by atoms with Crippen LogP contribution in [-0.2, 0) is 33.4 Å². The summed E-state index contributed by atoms with van der Waals surface area (Å²) in [4.78, 5) is 21.9. The van der Waals surface area contributed by atoms with Crippen molar-refractivity contribution in [2.75, 3.05) is 32.1 Å². The average Bonchev–Trinajstić information content (AvgIpc) is 2.41. The summed E-state index contributed by atoms with van der Waals surface area (Å²) in [5.74, 6) is -4.25. The molecule has 22 heavy (non-hydrogen) atoms. The van der Waals surface area contributed by atoms with Gasteiger partial charge in [-0.05, 0) is 20.3 Å². The van der Waals surface area contributed by atoms with E-state index in [1.807, 2.05) is 0 Å². The van der Waals surface area contributed by atoms with Crippen molar-refractivity contribution in [3.8, 4) is 0 Å². The monoisotopic (exact) mass is 341 g/mol. The van der Waals surface area contributed by atoms with E-state index >= 15 is 0 Å². The van der Waals surface area contributed by atoms with Crippen LogP contribution in [0, 0.1) is 0 Å². The average molecular weight is 341 g/mol. The highest BCUT2D eigenvalue weighted by molar-refractivity contribution is 7.86. The lowest BCUT2D eigenvalue weighted by molar-refractivity contribution is -0.250. The van der Waals surface area contributed by atoms with Gasteiger partial charge in [-0.3, -0.25) is 8.98 Å². The normalized spacial score (nSPS) is 12.1. The Bertz CT molecular complexity index is 456. The highest BCUT2D eigenvalue weighted by atomic mass is 32.2. The molecule has 0 saturated carbocycles. The standard InChI is InChI=1S/C12H23NO8S/c1-4-19-12(11(15)16,20-5-2)9-21-22(17,18)8-6-7-13-10(3)14/h4-9H2,1-3H3,(H,13,14)(H,15,16). The maximum atomic E-state index is 11.7. The van der Waals surface area contributed by atoms with Crippen molar-refractivity contribution >= 4 is 22.0 Å². The zero-order valence-corrected chi connectivity index (χ0v) is 13.8. The summed E-state index contributed by atoms with van der Waals surface area (Å²) >= 11 is 0. The van der Waals surface area contributed by atoms with Gasteiger partial charge in [0.25, 0.3) is 15.9 Å².